The lowest BCUT2D eigenvalue weighted by molar-refractivity contribution is 0.129. The summed E-state index contributed by atoms with van der Waals surface area (Å²) >= 11 is 0. The van der Waals surface area contributed by atoms with Gasteiger partial charge >= 0.3 is 0 Å². The number of hydrogen-bond donors (Lipinski definition) is 1. The molecule has 32 heavy (non-hydrogen) atoms. The minimum Gasteiger partial charge on any atom is -0.495 e. The van der Waals surface area contributed by atoms with Gasteiger partial charge in [-0.05, 0) is 43.5 Å². The van der Waals surface area contributed by atoms with Crippen LogP contribution in [0.1, 0.15) is 26.2 Å². The summed E-state index contributed by atoms with van der Waals surface area (Å²) in [4.78, 5) is 9.85. The van der Waals surface area contributed by atoms with Crippen molar-refractivity contribution in [2.45, 2.75) is 32.3 Å². The molecule has 2 aromatic carbocycles. The molecule has 0 saturated carbocycles. The van der Waals surface area contributed by atoms with Crippen molar-refractivity contribution in [3.05, 3.63) is 54.6 Å². The highest BCUT2D eigenvalue weighted by Crippen LogP contribution is 2.32. The van der Waals surface area contributed by atoms with E-state index in [1.165, 1.54) is 5.69 Å². The van der Waals surface area contributed by atoms with Gasteiger partial charge in [0.05, 0.1) is 12.8 Å². The molecule has 0 bridgehead atoms. The van der Waals surface area contributed by atoms with E-state index in [0.29, 0.717) is 5.92 Å². The standard InChI is InChI=1S/C26H36N4O2/c1-3-27-26(29-17-14-23(15-18-29)32-22-9-5-4-6-10-22)28-19-21-13-16-30(20-21)24-11-7-8-12-25(24)31-2/h4-12,21,23H,3,13-20H2,1-2H3,(H,27,28). The molecule has 0 radical (unpaired) electrons. The van der Waals surface area contributed by atoms with Crippen molar-refractivity contribution in [1.82, 2.24) is 10.2 Å². The van der Waals surface area contributed by atoms with Crippen molar-refractivity contribution in [1.29, 1.82) is 0 Å². The molecule has 0 spiro atoms. The maximum absolute atomic E-state index is 6.15. The Labute approximate surface area is 192 Å². The zero-order chi connectivity index (χ0) is 22.2. The lowest BCUT2D eigenvalue weighted by Gasteiger charge is -2.34. The van der Waals surface area contributed by atoms with E-state index in [9.17, 15) is 0 Å². The average Bonchev–Trinajstić information content (AvgIpc) is 3.32. The molecule has 0 aromatic heterocycles. The van der Waals surface area contributed by atoms with Crippen LogP contribution in [0.25, 0.3) is 0 Å². The van der Waals surface area contributed by atoms with Crippen molar-refractivity contribution in [2.24, 2.45) is 10.9 Å². The fourth-order valence-electron chi connectivity index (χ4n) is 4.61. The van der Waals surface area contributed by atoms with Gasteiger partial charge in [0.2, 0.25) is 0 Å². The molecule has 2 aliphatic rings. The van der Waals surface area contributed by atoms with Crippen molar-refractivity contribution < 1.29 is 9.47 Å². The highest BCUT2D eigenvalue weighted by molar-refractivity contribution is 5.80. The first-order chi connectivity index (χ1) is 15.8. The van der Waals surface area contributed by atoms with Crippen LogP contribution in [0.2, 0.25) is 0 Å². The van der Waals surface area contributed by atoms with Gasteiger partial charge in [0, 0.05) is 52.1 Å². The molecular weight excluding hydrogens is 400 g/mol. The third-order valence-corrected chi connectivity index (χ3v) is 6.33. The fraction of sp³-hybridized carbons (Fsp3) is 0.500. The number of likely N-dealkylation sites (tertiary alicyclic amines) is 1. The molecule has 2 heterocycles. The van der Waals surface area contributed by atoms with Crippen LogP contribution in [0.4, 0.5) is 5.69 Å². The van der Waals surface area contributed by atoms with E-state index in [4.69, 9.17) is 14.5 Å². The fourth-order valence-corrected chi connectivity index (χ4v) is 4.61. The quantitative estimate of drug-likeness (QED) is 0.525. The third-order valence-electron chi connectivity index (χ3n) is 6.33. The molecule has 2 aliphatic heterocycles. The molecule has 6 heteroatoms. The molecule has 4 rings (SSSR count). The van der Waals surface area contributed by atoms with E-state index < -0.39 is 0 Å². The van der Waals surface area contributed by atoms with Gasteiger partial charge in [-0.15, -0.1) is 0 Å². The van der Waals surface area contributed by atoms with Gasteiger partial charge in [0.1, 0.15) is 17.6 Å². The minimum absolute atomic E-state index is 0.278. The Morgan fingerprint density at radius 1 is 1.00 bits per heavy atom. The summed E-state index contributed by atoms with van der Waals surface area (Å²) in [5, 5.41) is 3.50. The first kappa shape index (κ1) is 22.3. The van der Waals surface area contributed by atoms with Crippen molar-refractivity contribution in [3.63, 3.8) is 0 Å². The molecule has 2 fully saturated rings. The number of nitrogens with zero attached hydrogens (tertiary/aromatic N) is 3. The predicted molar refractivity (Wildman–Crippen MR) is 131 cm³/mol. The largest absolute Gasteiger partial charge is 0.495 e. The SMILES string of the molecule is CCNC(=NCC1CCN(c2ccccc2OC)C1)N1CCC(Oc2ccccc2)CC1. The normalized spacial score (nSPS) is 19.8. The lowest BCUT2D eigenvalue weighted by atomic mass is 10.1. The van der Waals surface area contributed by atoms with Gasteiger partial charge in [0.15, 0.2) is 5.96 Å². The Balaban J connectivity index is 1.30. The van der Waals surface area contributed by atoms with Crippen LogP contribution in [-0.4, -0.2) is 63.3 Å². The second kappa shape index (κ2) is 11.1. The number of ether oxygens (including phenoxy) is 2. The van der Waals surface area contributed by atoms with Crippen LogP contribution >= 0.6 is 0 Å². The Kier molecular flexibility index (Phi) is 7.75. The summed E-state index contributed by atoms with van der Waals surface area (Å²) < 4.78 is 11.7. The number of hydrogen-bond acceptors (Lipinski definition) is 4. The Bertz CT molecular complexity index is 865. The minimum atomic E-state index is 0.278. The van der Waals surface area contributed by atoms with E-state index >= 15 is 0 Å². The van der Waals surface area contributed by atoms with Gasteiger partial charge in [-0.1, -0.05) is 30.3 Å². The summed E-state index contributed by atoms with van der Waals surface area (Å²) in [7, 11) is 1.74. The highest BCUT2D eigenvalue weighted by Gasteiger charge is 2.26. The number of aliphatic imine (C=N–C) groups is 1. The molecule has 0 aliphatic carbocycles. The maximum Gasteiger partial charge on any atom is 0.193 e. The summed E-state index contributed by atoms with van der Waals surface area (Å²) in [6, 6.07) is 18.4. The zero-order valence-corrected chi connectivity index (χ0v) is 19.4. The molecule has 1 N–H and O–H groups in total. The van der Waals surface area contributed by atoms with Gasteiger partial charge in [0.25, 0.3) is 0 Å². The maximum atomic E-state index is 6.15. The summed E-state index contributed by atoms with van der Waals surface area (Å²) in [6.07, 6.45) is 3.48. The Hall–Kier alpha value is -2.89. The monoisotopic (exact) mass is 436 g/mol. The van der Waals surface area contributed by atoms with Crippen molar-refractivity contribution in [2.75, 3.05) is 51.3 Å². The first-order valence-electron chi connectivity index (χ1n) is 11.9. The van der Waals surface area contributed by atoms with Gasteiger partial charge in [-0.2, -0.15) is 0 Å². The molecule has 2 aromatic rings. The second-order valence-electron chi connectivity index (χ2n) is 8.58. The molecule has 2 saturated heterocycles. The zero-order valence-electron chi connectivity index (χ0n) is 19.4. The second-order valence-corrected chi connectivity index (χ2v) is 8.58. The van der Waals surface area contributed by atoms with Crippen LogP contribution in [0.15, 0.2) is 59.6 Å². The highest BCUT2D eigenvalue weighted by atomic mass is 16.5. The van der Waals surface area contributed by atoms with Gasteiger partial charge in [-0.3, -0.25) is 4.99 Å². The number of para-hydroxylation sites is 3. The topological polar surface area (TPSA) is 49.3 Å². The van der Waals surface area contributed by atoms with Crippen LogP contribution in [-0.2, 0) is 0 Å². The van der Waals surface area contributed by atoms with Crippen molar-refractivity contribution in [3.8, 4) is 11.5 Å². The van der Waals surface area contributed by atoms with E-state index in [2.05, 4.69) is 34.2 Å². The molecular formula is C26H36N4O2. The van der Waals surface area contributed by atoms with Gasteiger partial charge < -0.3 is 24.6 Å². The Morgan fingerprint density at radius 3 is 2.50 bits per heavy atom. The molecule has 6 nitrogen and oxygen atoms in total. The van der Waals surface area contributed by atoms with Crippen LogP contribution in [0, 0.1) is 5.92 Å². The third kappa shape index (κ3) is 5.67. The number of guanidine groups is 1. The smallest absolute Gasteiger partial charge is 0.193 e. The van der Waals surface area contributed by atoms with E-state index in [0.717, 1.165) is 76.0 Å². The lowest BCUT2D eigenvalue weighted by Crippen LogP contribution is -2.47. The summed E-state index contributed by atoms with van der Waals surface area (Å²) in [6.45, 7) is 7.91. The molecule has 172 valence electrons. The number of methoxy groups -OCH3 is 1. The van der Waals surface area contributed by atoms with Gasteiger partial charge in [-0.25, -0.2) is 0 Å². The van der Waals surface area contributed by atoms with Crippen LogP contribution in [0.3, 0.4) is 0 Å². The predicted octanol–water partition coefficient (Wildman–Crippen LogP) is 4.03. The number of anilines is 1. The number of rotatable bonds is 7. The van der Waals surface area contributed by atoms with E-state index in [1.54, 1.807) is 7.11 Å². The summed E-state index contributed by atoms with van der Waals surface area (Å²) in [5.74, 6) is 3.52. The van der Waals surface area contributed by atoms with Crippen LogP contribution < -0.4 is 19.7 Å². The molecule has 0 amide bonds. The Morgan fingerprint density at radius 2 is 1.75 bits per heavy atom. The van der Waals surface area contributed by atoms with Crippen molar-refractivity contribution >= 4 is 11.6 Å². The first-order valence-corrected chi connectivity index (χ1v) is 11.9. The van der Waals surface area contributed by atoms with E-state index in [1.807, 2.05) is 42.5 Å². The van der Waals surface area contributed by atoms with Crippen LogP contribution in [0.5, 0.6) is 11.5 Å². The average molecular weight is 437 g/mol. The van der Waals surface area contributed by atoms with E-state index in [-0.39, 0.29) is 6.10 Å². The summed E-state index contributed by atoms with van der Waals surface area (Å²) in [5.41, 5.74) is 1.19. The number of piperidine rings is 1. The molecule has 1 atom stereocenters. The number of nitrogens with one attached hydrogen (secondary N) is 1. The molecule has 1 unspecified atom stereocenters. The number of benzene rings is 2.